The van der Waals surface area contributed by atoms with E-state index in [1.54, 1.807) is 43.3 Å². The Morgan fingerprint density at radius 1 is 1.14 bits per heavy atom. The van der Waals surface area contributed by atoms with Gasteiger partial charge in [-0.05, 0) is 36.8 Å². The first-order valence-electron chi connectivity index (χ1n) is 6.16. The van der Waals surface area contributed by atoms with E-state index in [1.807, 2.05) is 6.07 Å². The Labute approximate surface area is 132 Å². The molecule has 0 heterocycles. The first-order chi connectivity index (χ1) is 10.1. The minimum Gasteiger partial charge on any atom is -0.482 e. The molecule has 6 heteroatoms. The standard InChI is InChI=1S/C15H13Cl2NO3/c1-10-12(16)7-8-13(15(10)17)20-9-14(19)18-21-11-5-3-2-4-6-11/h2-8H,9H2,1H3,(H,18,19). The van der Waals surface area contributed by atoms with Gasteiger partial charge in [0.1, 0.15) is 5.75 Å². The van der Waals surface area contributed by atoms with E-state index in [0.29, 0.717) is 27.1 Å². The molecule has 0 aliphatic carbocycles. The van der Waals surface area contributed by atoms with Crippen LogP contribution in [0.4, 0.5) is 0 Å². The molecule has 0 fully saturated rings. The topological polar surface area (TPSA) is 47.6 Å². The maximum atomic E-state index is 11.6. The van der Waals surface area contributed by atoms with Crippen LogP contribution >= 0.6 is 23.2 Å². The highest BCUT2D eigenvalue weighted by Gasteiger charge is 2.10. The summed E-state index contributed by atoms with van der Waals surface area (Å²) in [5.74, 6) is 0.502. The minimum atomic E-state index is -0.428. The van der Waals surface area contributed by atoms with Crippen LogP contribution in [0.1, 0.15) is 5.56 Å². The zero-order valence-corrected chi connectivity index (χ0v) is 12.7. The summed E-state index contributed by atoms with van der Waals surface area (Å²) in [6.45, 7) is 1.56. The number of carbonyl (C=O) groups is 1. The van der Waals surface area contributed by atoms with Crippen LogP contribution < -0.4 is 15.1 Å². The molecular weight excluding hydrogens is 313 g/mol. The molecule has 2 aromatic carbocycles. The van der Waals surface area contributed by atoms with Crippen molar-refractivity contribution in [3.8, 4) is 11.5 Å². The van der Waals surface area contributed by atoms with Crippen molar-refractivity contribution in [2.75, 3.05) is 6.61 Å². The zero-order chi connectivity index (χ0) is 15.2. The summed E-state index contributed by atoms with van der Waals surface area (Å²) in [5.41, 5.74) is 2.99. The van der Waals surface area contributed by atoms with E-state index < -0.39 is 5.91 Å². The van der Waals surface area contributed by atoms with Crippen molar-refractivity contribution in [1.29, 1.82) is 0 Å². The van der Waals surface area contributed by atoms with E-state index in [4.69, 9.17) is 32.8 Å². The molecule has 0 spiro atoms. The molecule has 0 aromatic heterocycles. The zero-order valence-electron chi connectivity index (χ0n) is 11.2. The number of nitrogens with one attached hydrogen (secondary N) is 1. The summed E-state index contributed by atoms with van der Waals surface area (Å²) < 4.78 is 5.34. The largest absolute Gasteiger partial charge is 0.482 e. The summed E-state index contributed by atoms with van der Waals surface area (Å²) >= 11 is 12.0. The third-order valence-electron chi connectivity index (χ3n) is 2.67. The lowest BCUT2D eigenvalue weighted by molar-refractivity contribution is -0.129. The predicted molar refractivity (Wildman–Crippen MR) is 81.9 cm³/mol. The number of hydrogen-bond acceptors (Lipinski definition) is 3. The van der Waals surface area contributed by atoms with Crippen LogP contribution in [0.2, 0.25) is 10.0 Å². The van der Waals surface area contributed by atoms with E-state index in [2.05, 4.69) is 5.48 Å². The van der Waals surface area contributed by atoms with Gasteiger partial charge in [0.05, 0.1) is 5.02 Å². The molecular formula is C15H13Cl2NO3. The van der Waals surface area contributed by atoms with E-state index in [1.165, 1.54) is 0 Å². The van der Waals surface area contributed by atoms with Crippen LogP contribution in [-0.2, 0) is 4.79 Å². The van der Waals surface area contributed by atoms with Crippen LogP contribution in [0.5, 0.6) is 11.5 Å². The molecule has 0 radical (unpaired) electrons. The Morgan fingerprint density at radius 3 is 2.57 bits per heavy atom. The van der Waals surface area contributed by atoms with Gasteiger partial charge in [-0.2, -0.15) is 5.48 Å². The fourth-order valence-electron chi connectivity index (χ4n) is 1.53. The molecule has 4 nitrogen and oxygen atoms in total. The fraction of sp³-hybridized carbons (Fsp3) is 0.133. The average molecular weight is 326 g/mol. The van der Waals surface area contributed by atoms with Crippen LogP contribution in [0.25, 0.3) is 0 Å². The van der Waals surface area contributed by atoms with Crippen molar-refractivity contribution >= 4 is 29.1 Å². The first kappa shape index (κ1) is 15.5. The summed E-state index contributed by atoms with van der Waals surface area (Å²) in [6, 6.07) is 12.2. The fourth-order valence-corrected chi connectivity index (χ4v) is 1.95. The monoisotopic (exact) mass is 325 g/mol. The second kappa shape index (κ2) is 7.20. The van der Waals surface area contributed by atoms with Gasteiger partial charge in [0.15, 0.2) is 12.4 Å². The van der Waals surface area contributed by atoms with Crippen molar-refractivity contribution < 1.29 is 14.4 Å². The van der Waals surface area contributed by atoms with E-state index >= 15 is 0 Å². The molecule has 1 N–H and O–H groups in total. The van der Waals surface area contributed by atoms with Gasteiger partial charge in [0.25, 0.3) is 5.91 Å². The molecule has 110 valence electrons. The van der Waals surface area contributed by atoms with Crippen molar-refractivity contribution in [2.45, 2.75) is 6.92 Å². The van der Waals surface area contributed by atoms with Crippen molar-refractivity contribution in [3.63, 3.8) is 0 Å². The number of carbonyl (C=O) groups excluding carboxylic acids is 1. The predicted octanol–water partition coefficient (Wildman–Crippen LogP) is 3.79. The molecule has 0 saturated carbocycles. The molecule has 0 aliphatic heterocycles. The molecule has 21 heavy (non-hydrogen) atoms. The number of rotatable bonds is 5. The number of ether oxygens (including phenoxy) is 1. The SMILES string of the molecule is Cc1c(Cl)ccc(OCC(=O)NOc2ccccc2)c1Cl. The maximum absolute atomic E-state index is 11.6. The molecule has 1 amide bonds. The Hall–Kier alpha value is -1.91. The van der Waals surface area contributed by atoms with Crippen LogP contribution in [0.15, 0.2) is 42.5 Å². The molecule has 0 saturated heterocycles. The average Bonchev–Trinajstić information content (AvgIpc) is 2.51. The molecule has 2 aromatic rings. The molecule has 0 unspecified atom stereocenters. The highest BCUT2D eigenvalue weighted by molar-refractivity contribution is 6.36. The number of hydrogen-bond donors (Lipinski definition) is 1. The number of amides is 1. The minimum absolute atomic E-state index is 0.215. The number of halogens is 2. The molecule has 2 rings (SSSR count). The molecule has 0 aliphatic rings. The van der Waals surface area contributed by atoms with Crippen molar-refractivity contribution in [2.24, 2.45) is 0 Å². The Bertz CT molecular complexity index is 632. The summed E-state index contributed by atoms with van der Waals surface area (Å²) in [6.07, 6.45) is 0. The van der Waals surface area contributed by atoms with Crippen LogP contribution in [0, 0.1) is 6.92 Å². The third kappa shape index (κ3) is 4.28. The van der Waals surface area contributed by atoms with Gasteiger partial charge < -0.3 is 9.57 Å². The number of hydroxylamine groups is 1. The lowest BCUT2D eigenvalue weighted by Crippen LogP contribution is -2.31. The third-order valence-corrected chi connectivity index (χ3v) is 3.55. The highest BCUT2D eigenvalue weighted by Crippen LogP contribution is 2.32. The normalized spacial score (nSPS) is 10.0. The van der Waals surface area contributed by atoms with Gasteiger partial charge in [0, 0.05) is 5.02 Å². The summed E-state index contributed by atoms with van der Waals surface area (Å²) in [5, 5.41) is 0.934. The Morgan fingerprint density at radius 2 is 1.86 bits per heavy atom. The summed E-state index contributed by atoms with van der Waals surface area (Å²) in [4.78, 5) is 16.7. The van der Waals surface area contributed by atoms with Crippen molar-refractivity contribution in [3.05, 3.63) is 58.1 Å². The Balaban J connectivity index is 1.86. The quantitative estimate of drug-likeness (QED) is 0.851. The lowest BCUT2D eigenvalue weighted by atomic mass is 10.2. The van der Waals surface area contributed by atoms with Crippen LogP contribution in [0.3, 0.4) is 0 Å². The number of para-hydroxylation sites is 1. The first-order valence-corrected chi connectivity index (χ1v) is 6.91. The van der Waals surface area contributed by atoms with E-state index in [-0.39, 0.29) is 6.61 Å². The molecule has 0 bridgehead atoms. The van der Waals surface area contributed by atoms with Gasteiger partial charge in [-0.25, -0.2) is 0 Å². The van der Waals surface area contributed by atoms with Crippen LogP contribution in [-0.4, -0.2) is 12.5 Å². The van der Waals surface area contributed by atoms with Gasteiger partial charge >= 0.3 is 0 Å². The second-order valence-electron chi connectivity index (χ2n) is 4.21. The maximum Gasteiger partial charge on any atom is 0.290 e. The van der Waals surface area contributed by atoms with E-state index in [0.717, 1.165) is 0 Å². The summed E-state index contributed by atoms with van der Waals surface area (Å²) in [7, 11) is 0. The second-order valence-corrected chi connectivity index (χ2v) is 5.00. The van der Waals surface area contributed by atoms with Crippen molar-refractivity contribution in [1.82, 2.24) is 5.48 Å². The highest BCUT2D eigenvalue weighted by atomic mass is 35.5. The smallest absolute Gasteiger partial charge is 0.290 e. The van der Waals surface area contributed by atoms with Gasteiger partial charge in [-0.3, -0.25) is 4.79 Å². The molecule has 0 atom stereocenters. The lowest BCUT2D eigenvalue weighted by Gasteiger charge is -2.11. The van der Waals surface area contributed by atoms with Gasteiger partial charge in [0.2, 0.25) is 0 Å². The van der Waals surface area contributed by atoms with Gasteiger partial charge in [-0.15, -0.1) is 0 Å². The van der Waals surface area contributed by atoms with Gasteiger partial charge in [-0.1, -0.05) is 41.4 Å². The Kier molecular flexibility index (Phi) is 5.31. The van der Waals surface area contributed by atoms with E-state index in [9.17, 15) is 4.79 Å². The number of benzene rings is 2.